The summed E-state index contributed by atoms with van der Waals surface area (Å²) in [6, 6.07) is 18.6. The Morgan fingerprint density at radius 1 is 1.08 bits per heavy atom. The summed E-state index contributed by atoms with van der Waals surface area (Å²) in [5.41, 5.74) is 1.49. The van der Waals surface area contributed by atoms with E-state index < -0.39 is 5.97 Å². The quantitative estimate of drug-likeness (QED) is 0.482. The summed E-state index contributed by atoms with van der Waals surface area (Å²) < 4.78 is 0.964. The summed E-state index contributed by atoms with van der Waals surface area (Å²) in [6.45, 7) is -0.231. The van der Waals surface area contributed by atoms with Crippen molar-refractivity contribution >= 4 is 67.2 Å². The normalized spacial score (nSPS) is 10.2. The first-order valence-corrected chi connectivity index (χ1v) is 9.02. The number of fused-ring (bicyclic) bond motifs is 1. The van der Waals surface area contributed by atoms with Crippen molar-refractivity contribution in [3.63, 3.8) is 0 Å². The number of carboxylic acids is 1. The zero-order chi connectivity index (χ0) is 18.0. The van der Waals surface area contributed by atoms with Gasteiger partial charge in [-0.05, 0) is 41.1 Å². The molecule has 0 amide bonds. The van der Waals surface area contributed by atoms with Gasteiger partial charge in [-0.25, -0.2) is 0 Å². The first-order chi connectivity index (χ1) is 12.0. The molecule has 0 heterocycles. The Bertz CT molecular complexity index is 972. The number of carboxylic acid groups (broad SMARTS) is 1. The molecule has 3 nitrogen and oxygen atoms in total. The van der Waals surface area contributed by atoms with Crippen molar-refractivity contribution in [2.75, 3.05) is 11.4 Å². The summed E-state index contributed by atoms with van der Waals surface area (Å²) in [6.07, 6.45) is 0. The van der Waals surface area contributed by atoms with Crippen molar-refractivity contribution in [3.8, 4) is 0 Å². The van der Waals surface area contributed by atoms with E-state index in [9.17, 15) is 9.90 Å². The number of aliphatic carboxylic acids is 1. The SMILES string of the molecule is O=C(O)CN(C(=S)c1cccc2c(Br)cccc12)c1ccc(Cl)cc1.[H-].[Na+]. The van der Waals surface area contributed by atoms with Crippen LogP contribution >= 0.6 is 39.7 Å². The summed E-state index contributed by atoms with van der Waals surface area (Å²) in [7, 11) is 0. The monoisotopic (exact) mass is 457 g/mol. The molecular weight excluding hydrogens is 445 g/mol. The maximum atomic E-state index is 11.4. The van der Waals surface area contributed by atoms with Gasteiger partial charge in [0, 0.05) is 20.7 Å². The molecule has 3 aromatic carbocycles. The molecule has 1 N–H and O–H groups in total. The summed E-state index contributed by atoms with van der Waals surface area (Å²) in [5, 5.41) is 11.9. The molecule has 0 aliphatic rings. The number of hydrogen-bond donors (Lipinski definition) is 1. The fraction of sp³-hybridized carbons (Fsp3) is 0.0526. The fourth-order valence-electron chi connectivity index (χ4n) is 2.64. The van der Waals surface area contributed by atoms with Gasteiger partial charge >= 0.3 is 35.5 Å². The minimum absolute atomic E-state index is 0. The molecule has 0 unspecified atom stereocenters. The molecule has 3 aromatic rings. The van der Waals surface area contributed by atoms with Gasteiger partial charge in [0.25, 0.3) is 0 Å². The molecule has 0 aliphatic heterocycles. The van der Waals surface area contributed by atoms with Crippen LogP contribution in [0.4, 0.5) is 5.69 Å². The van der Waals surface area contributed by atoms with Crippen LogP contribution in [0, 0.1) is 0 Å². The largest absolute Gasteiger partial charge is 1.00 e. The third kappa shape index (κ3) is 4.66. The van der Waals surface area contributed by atoms with Gasteiger partial charge in [0.1, 0.15) is 11.5 Å². The van der Waals surface area contributed by atoms with Gasteiger partial charge in [-0.1, -0.05) is 70.1 Å². The Labute approximate surface area is 193 Å². The average molecular weight is 459 g/mol. The van der Waals surface area contributed by atoms with Crippen LogP contribution in [0.2, 0.25) is 5.02 Å². The van der Waals surface area contributed by atoms with Crippen LogP contribution in [0.1, 0.15) is 6.99 Å². The Morgan fingerprint density at radius 2 is 1.69 bits per heavy atom. The van der Waals surface area contributed by atoms with Gasteiger partial charge in [-0.15, -0.1) is 0 Å². The second-order valence-electron chi connectivity index (χ2n) is 5.40. The van der Waals surface area contributed by atoms with Crippen molar-refractivity contribution in [2.24, 2.45) is 0 Å². The van der Waals surface area contributed by atoms with E-state index in [2.05, 4.69) is 15.9 Å². The van der Waals surface area contributed by atoms with E-state index in [4.69, 9.17) is 23.8 Å². The molecule has 0 spiro atoms. The van der Waals surface area contributed by atoms with Gasteiger partial charge in [-0.3, -0.25) is 4.79 Å². The number of carbonyl (C=O) groups is 1. The molecule has 7 heteroatoms. The molecule has 26 heavy (non-hydrogen) atoms. The molecule has 0 aromatic heterocycles. The molecule has 3 rings (SSSR count). The molecular formula is C19H14BrClNNaO2S. The van der Waals surface area contributed by atoms with Gasteiger partial charge in [-0.2, -0.15) is 0 Å². The minimum Gasteiger partial charge on any atom is -1.00 e. The van der Waals surface area contributed by atoms with Crippen LogP contribution in [-0.4, -0.2) is 22.6 Å². The number of thiocarbonyl (C=S) groups is 1. The third-order valence-electron chi connectivity index (χ3n) is 3.78. The second-order valence-corrected chi connectivity index (χ2v) is 7.08. The van der Waals surface area contributed by atoms with E-state index in [1.807, 2.05) is 36.4 Å². The zero-order valence-corrected chi connectivity index (χ0v) is 19.1. The standard InChI is InChI=1S/C19H13BrClNO2S.Na.H/c20-17-6-2-3-14-15(17)4-1-5-16(14)19(25)22(11-18(23)24)13-9-7-12(21)8-10-13;;/h1-10H,11H2,(H,23,24);;/q;+1;-1. The first-order valence-electron chi connectivity index (χ1n) is 7.44. The Balaban J connectivity index is 0.00000182. The first kappa shape index (κ1) is 21.4. The minimum atomic E-state index is -0.960. The van der Waals surface area contributed by atoms with E-state index in [1.54, 1.807) is 29.2 Å². The summed E-state index contributed by atoms with van der Waals surface area (Å²) in [4.78, 5) is 13.4. The van der Waals surface area contributed by atoms with Crippen molar-refractivity contribution in [2.45, 2.75) is 0 Å². The van der Waals surface area contributed by atoms with Crippen LogP contribution in [-0.2, 0) is 4.79 Å². The van der Waals surface area contributed by atoms with Gasteiger partial charge in [0.15, 0.2) is 0 Å². The van der Waals surface area contributed by atoms with E-state index in [-0.39, 0.29) is 37.5 Å². The Kier molecular flexibility index (Phi) is 7.64. The van der Waals surface area contributed by atoms with Gasteiger partial charge in [0.05, 0.1) is 0 Å². The fourth-order valence-corrected chi connectivity index (χ4v) is 3.61. The van der Waals surface area contributed by atoms with Crippen LogP contribution in [0.5, 0.6) is 0 Å². The van der Waals surface area contributed by atoms with E-state index in [1.165, 1.54) is 0 Å². The number of rotatable bonds is 4. The van der Waals surface area contributed by atoms with Crippen LogP contribution in [0.3, 0.4) is 0 Å². The van der Waals surface area contributed by atoms with Crippen LogP contribution in [0.15, 0.2) is 65.1 Å². The molecule has 128 valence electrons. The average Bonchev–Trinajstić information content (AvgIpc) is 2.60. The molecule has 0 atom stereocenters. The Morgan fingerprint density at radius 3 is 2.35 bits per heavy atom. The molecule has 0 saturated heterocycles. The number of hydrogen-bond acceptors (Lipinski definition) is 2. The predicted octanol–water partition coefficient (Wildman–Crippen LogP) is 2.64. The number of halogens is 2. The van der Waals surface area contributed by atoms with Crippen molar-refractivity contribution in [3.05, 3.63) is 75.7 Å². The Hall–Kier alpha value is -0.950. The summed E-state index contributed by atoms with van der Waals surface area (Å²) in [5.74, 6) is -0.960. The maximum Gasteiger partial charge on any atom is 1.00 e. The molecule has 0 saturated carbocycles. The topological polar surface area (TPSA) is 40.5 Å². The maximum absolute atomic E-state index is 11.4. The predicted molar refractivity (Wildman–Crippen MR) is 111 cm³/mol. The zero-order valence-electron chi connectivity index (χ0n) is 14.9. The van der Waals surface area contributed by atoms with E-state index in [0.717, 1.165) is 20.8 Å². The smallest absolute Gasteiger partial charge is 1.00 e. The third-order valence-corrected chi connectivity index (χ3v) is 5.16. The number of nitrogens with zero attached hydrogens (tertiary/aromatic N) is 1. The van der Waals surface area contributed by atoms with Crippen molar-refractivity contribution < 1.29 is 40.9 Å². The van der Waals surface area contributed by atoms with Gasteiger partial charge in [0.2, 0.25) is 0 Å². The number of benzene rings is 3. The molecule has 0 aliphatic carbocycles. The van der Waals surface area contributed by atoms with E-state index in [0.29, 0.717) is 15.7 Å². The van der Waals surface area contributed by atoms with Gasteiger partial charge < -0.3 is 11.4 Å². The molecule has 0 fully saturated rings. The second kappa shape index (κ2) is 9.31. The summed E-state index contributed by atoms with van der Waals surface area (Å²) >= 11 is 15.1. The van der Waals surface area contributed by atoms with Crippen LogP contribution < -0.4 is 34.5 Å². The molecule has 0 bridgehead atoms. The van der Waals surface area contributed by atoms with Crippen molar-refractivity contribution in [1.82, 2.24) is 0 Å². The molecule has 0 radical (unpaired) electrons. The van der Waals surface area contributed by atoms with E-state index >= 15 is 0 Å². The van der Waals surface area contributed by atoms with Crippen LogP contribution in [0.25, 0.3) is 10.8 Å². The number of anilines is 1. The van der Waals surface area contributed by atoms with Crippen molar-refractivity contribution in [1.29, 1.82) is 0 Å².